The molecule has 0 radical (unpaired) electrons. The highest BCUT2D eigenvalue weighted by Crippen LogP contribution is 2.42. The maximum atomic E-state index is 14.0. The number of sulfonamides is 1. The summed E-state index contributed by atoms with van der Waals surface area (Å²) in [6, 6.07) is 12.7. The smallest absolute Gasteiger partial charge is 0.348 e. The molecule has 4 fully saturated rings. The van der Waals surface area contributed by atoms with E-state index in [1.54, 1.807) is 23.1 Å². The number of thiophene rings is 1. The molecule has 0 unspecified atom stereocenters. The topological polar surface area (TPSA) is 120 Å². The number of hydrogen-bond donors (Lipinski definition) is 1. The number of piperazine rings is 1. The lowest BCUT2D eigenvalue weighted by Gasteiger charge is -2.44. The van der Waals surface area contributed by atoms with Crippen LogP contribution in [0.25, 0.3) is 10.4 Å². The van der Waals surface area contributed by atoms with Crippen molar-refractivity contribution in [1.29, 1.82) is 0 Å². The maximum absolute atomic E-state index is 14.0. The quantitative estimate of drug-likeness (QED) is 0.394. The summed E-state index contributed by atoms with van der Waals surface area (Å²) in [7, 11) is -4.02. The van der Waals surface area contributed by atoms with Crippen molar-refractivity contribution in [3.05, 3.63) is 59.1 Å². The van der Waals surface area contributed by atoms with Gasteiger partial charge in [-0.05, 0) is 55.9 Å². The molecule has 44 heavy (non-hydrogen) atoms. The van der Waals surface area contributed by atoms with Gasteiger partial charge in [0.05, 0.1) is 37.0 Å². The zero-order chi connectivity index (χ0) is 30.6. The third-order valence-corrected chi connectivity index (χ3v) is 12.5. The number of benzene rings is 1. The van der Waals surface area contributed by atoms with E-state index in [-0.39, 0.29) is 40.9 Å². The third-order valence-electron chi connectivity index (χ3n) is 9.55. The van der Waals surface area contributed by atoms with E-state index in [1.165, 1.54) is 10.5 Å². The van der Waals surface area contributed by atoms with Crippen molar-refractivity contribution in [2.24, 2.45) is 5.92 Å². The van der Waals surface area contributed by atoms with Crippen LogP contribution in [0, 0.1) is 12.8 Å². The minimum atomic E-state index is -4.02. The zero-order valence-corrected chi connectivity index (χ0v) is 26.2. The molecule has 3 aliphatic heterocycles. The van der Waals surface area contributed by atoms with E-state index in [1.807, 2.05) is 31.2 Å². The van der Waals surface area contributed by atoms with Gasteiger partial charge in [-0.3, -0.25) is 4.79 Å². The summed E-state index contributed by atoms with van der Waals surface area (Å²) in [5.41, 5.74) is 2.32. The van der Waals surface area contributed by atoms with Crippen molar-refractivity contribution in [3.8, 4) is 10.4 Å². The molecule has 12 heteroatoms. The number of aromatic nitrogens is 1. The van der Waals surface area contributed by atoms with Gasteiger partial charge in [-0.15, -0.1) is 11.3 Å². The Bertz CT molecular complexity index is 1670. The molecular formula is C32H36N4O6S2. The Morgan fingerprint density at radius 2 is 1.84 bits per heavy atom. The predicted octanol–water partition coefficient (Wildman–Crippen LogP) is 4.78. The van der Waals surface area contributed by atoms with Gasteiger partial charge in [0.15, 0.2) is 0 Å². The van der Waals surface area contributed by atoms with E-state index < -0.39 is 27.9 Å². The number of rotatable bonds is 7. The van der Waals surface area contributed by atoms with E-state index in [0.717, 1.165) is 78.2 Å². The number of hydrogen-bond acceptors (Lipinski definition) is 8. The second-order valence-corrected chi connectivity index (χ2v) is 15.4. The second-order valence-electron chi connectivity index (χ2n) is 12.4. The SMILES string of the molecule is Cc1ccc(-c2cc(N3C(=O)CN(S(=O)(=O)c4ccc(N5C[C@H]6C[C@@H]5CO6)nc4)C[C@H]3C3CCCCC3)c(C(=O)O)s2)cc1. The Morgan fingerprint density at radius 3 is 2.48 bits per heavy atom. The number of ether oxygens (including phenoxy) is 1. The van der Waals surface area contributed by atoms with E-state index in [2.05, 4.69) is 9.88 Å². The van der Waals surface area contributed by atoms with E-state index >= 15 is 0 Å². The van der Waals surface area contributed by atoms with Crippen LogP contribution in [0.1, 0.15) is 53.8 Å². The third kappa shape index (κ3) is 5.31. The molecule has 0 spiro atoms. The fourth-order valence-electron chi connectivity index (χ4n) is 7.24. The number of pyridine rings is 1. The van der Waals surface area contributed by atoms with Gasteiger partial charge in [0, 0.05) is 24.2 Å². The number of carbonyl (C=O) groups excluding carboxylic acids is 1. The van der Waals surface area contributed by atoms with Crippen molar-refractivity contribution in [2.45, 2.75) is 68.5 Å². The van der Waals surface area contributed by atoms with Crippen LogP contribution in [0.2, 0.25) is 0 Å². The van der Waals surface area contributed by atoms with Gasteiger partial charge in [0.2, 0.25) is 15.9 Å². The molecule has 10 nitrogen and oxygen atoms in total. The Kier molecular flexibility index (Phi) is 7.72. The summed E-state index contributed by atoms with van der Waals surface area (Å²) in [5, 5.41) is 10.2. The number of carbonyl (C=O) groups is 2. The van der Waals surface area contributed by atoms with Crippen LogP contribution >= 0.6 is 11.3 Å². The second kappa shape index (κ2) is 11.6. The zero-order valence-electron chi connectivity index (χ0n) is 24.6. The molecular weight excluding hydrogens is 601 g/mol. The van der Waals surface area contributed by atoms with Crippen LogP contribution in [-0.4, -0.2) is 79.1 Å². The minimum Gasteiger partial charge on any atom is -0.477 e. The highest BCUT2D eigenvalue weighted by Gasteiger charge is 2.45. The molecule has 3 aromatic rings. The standard InChI is InChI=1S/C32H36N4O6S2/c1-20-7-9-22(10-8-20)28-14-26(31(43-28)32(38)39)36-27(21-5-3-2-4-6-21)17-34(18-30(36)37)44(40,41)25-11-12-29(33-15-25)35-16-24-13-23(35)19-42-24/h7-12,14-15,21,23-24,27H,2-6,13,16-19H2,1H3,(H,38,39)/t23-,24-,27+/m1/s1. The number of amides is 1. The van der Waals surface area contributed by atoms with Crippen LogP contribution in [0.4, 0.5) is 11.5 Å². The van der Waals surface area contributed by atoms with Crippen molar-refractivity contribution < 1.29 is 27.9 Å². The van der Waals surface area contributed by atoms with Gasteiger partial charge in [0.1, 0.15) is 15.6 Å². The van der Waals surface area contributed by atoms with Crippen LogP contribution < -0.4 is 9.80 Å². The van der Waals surface area contributed by atoms with E-state index in [4.69, 9.17) is 4.74 Å². The largest absolute Gasteiger partial charge is 0.477 e. The molecule has 7 rings (SSSR count). The molecule has 1 N–H and O–H groups in total. The average Bonchev–Trinajstić information content (AvgIpc) is 3.78. The molecule has 232 valence electrons. The number of aryl methyl sites for hydroxylation is 1. The van der Waals surface area contributed by atoms with E-state index in [0.29, 0.717) is 12.3 Å². The van der Waals surface area contributed by atoms with Crippen molar-refractivity contribution in [2.75, 3.05) is 36.0 Å². The number of fused-ring (bicyclic) bond motifs is 2. The lowest BCUT2D eigenvalue weighted by atomic mass is 9.82. The van der Waals surface area contributed by atoms with Gasteiger partial charge < -0.3 is 19.6 Å². The maximum Gasteiger partial charge on any atom is 0.348 e. The van der Waals surface area contributed by atoms with Crippen LogP contribution in [0.3, 0.4) is 0 Å². The Balaban J connectivity index is 1.20. The predicted molar refractivity (Wildman–Crippen MR) is 168 cm³/mol. The van der Waals surface area contributed by atoms with Crippen LogP contribution in [0.5, 0.6) is 0 Å². The lowest BCUT2D eigenvalue weighted by Crippen LogP contribution is -2.60. The Labute approximate surface area is 261 Å². The summed E-state index contributed by atoms with van der Waals surface area (Å²) < 4.78 is 34.8. The molecule has 4 aliphatic rings. The normalized spacial score (nSPS) is 24.8. The number of carboxylic acid groups (broad SMARTS) is 1. The van der Waals surface area contributed by atoms with Crippen molar-refractivity contribution in [3.63, 3.8) is 0 Å². The van der Waals surface area contributed by atoms with Crippen LogP contribution in [0.15, 0.2) is 53.6 Å². The van der Waals surface area contributed by atoms with E-state index in [9.17, 15) is 23.1 Å². The number of carboxylic acids is 1. The van der Waals surface area contributed by atoms with Gasteiger partial charge in [-0.2, -0.15) is 4.31 Å². The summed E-state index contributed by atoms with van der Waals surface area (Å²) in [6.07, 6.45) is 7.34. The van der Waals surface area contributed by atoms with Gasteiger partial charge >= 0.3 is 5.97 Å². The molecule has 1 amide bonds. The average molecular weight is 637 g/mol. The highest BCUT2D eigenvalue weighted by atomic mass is 32.2. The fourth-order valence-corrected chi connectivity index (χ4v) is 9.59. The number of morpholine rings is 1. The summed E-state index contributed by atoms with van der Waals surface area (Å²) >= 11 is 1.14. The molecule has 2 aromatic heterocycles. The fraction of sp³-hybridized carbons (Fsp3) is 0.469. The first kappa shape index (κ1) is 29.4. The summed E-state index contributed by atoms with van der Waals surface area (Å²) in [6.45, 7) is 3.12. The van der Waals surface area contributed by atoms with Gasteiger partial charge in [-0.1, -0.05) is 49.1 Å². The summed E-state index contributed by atoms with van der Waals surface area (Å²) in [5.74, 6) is -0.728. The first-order valence-corrected chi connectivity index (χ1v) is 17.6. The molecule has 5 heterocycles. The Morgan fingerprint density at radius 1 is 1.07 bits per heavy atom. The van der Waals surface area contributed by atoms with Gasteiger partial charge in [-0.25, -0.2) is 18.2 Å². The number of aromatic carboxylic acids is 1. The molecule has 1 aromatic carbocycles. The number of anilines is 2. The van der Waals surface area contributed by atoms with Crippen molar-refractivity contribution in [1.82, 2.24) is 9.29 Å². The lowest BCUT2D eigenvalue weighted by molar-refractivity contribution is -0.121. The first-order chi connectivity index (χ1) is 21.2. The molecule has 3 saturated heterocycles. The first-order valence-electron chi connectivity index (χ1n) is 15.3. The number of nitrogens with zero attached hydrogens (tertiary/aromatic N) is 4. The van der Waals surface area contributed by atoms with Crippen molar-refractivity contribution >= 4 is 44.7 Å². The van der Waals surface area contributed by atoms with Crippen LogP contribution in [-0.2, 0) is 19.6 Å². The Hall–Kier alpha value is -3.32. The monoisotopic (exact) mass is 636 g/mol. The summed E-state index contributed by atoms with van der Waals surface area (Å²) in [4.78, 5) is 35.6. The molecule has 3 atom stereocenters. The highest BCUT2D eigenvalue weighted by molar-refractivity contribution is 7.89. The molecule has 2 bridgehead atoms. The molecule has 1 saturated carbocycles. The van der Waals surface area contributed by atoms with Gasteiger partial charge in [0.25, 0.3) is 0 Å². The molecule has 1 aliphatic carbocycles. The minimum absolute atomic E-state index is 0.0499.